The van der Waals surface area contributed by atoms with E-state index in [0.29, 0.717) is 22.8 Å². The molecule has 8 heteroatoms. The molecule has 3 atom stereocenters. The number of carboxylic acids is 1. The van der Waals surface area contributed by atoms with E-state index in [9.17, 15) is 14.7 Å². The minimum absolute atomic E-state index is 0.129. The Hall–Kier alpha value is -3.42. The molecule has 0 saturated carbocycles. The van der Waals surface area contributed by atoms with E-state index in [4.69, 9.17) is 18.9 Å². The van der Waals surface area contributed by atoms with Gasteiger partial charge < -0.3 is 24.1 Å². The molecule has 2 aliphatic rings. The van der Waals surface area contributed by atoms with Gasteiger partial charge in [0.05, 0.1) is 19.1 Å². The van der Waals surface area contributed by atoms with Crippen LogP contribution < -0.4 is 14.2 Å². The van der Waals surface area contributed by atoms with Gasteiger partial charge in [-0.2, -0.15) is 0 Å². The Morgan fingerprint density at radius 2 is 1.69 bits per heavy atom. The summed E-state index contributed by atoms with van der Waals surface area (Å²) in [6.45, 7) is 5.68. The highest BCUT2D eigenvalue weighted by atomic mass is 16.7. The van der Waals surface area contributed by atoms with Crippen molar-refractivity contribution >= 4 is 12.1 Å². The molecule has 1 saturated heterocycles. The van der Waals surface area contributed by atoms with Crippen LogP contribution in [-0.4, -0.2) is 48.1 Å². The molecule has 1 amide bonds. The number of rotatable bonds is 4. The van der Waals surface area contributed by atoms with Gasteiger partial charge in [-0.3, -0.25) is 9.69 Å². The predicted molar refractivity (Wildman–Crippen MR) is 115 cm³/mol. The Morgan fingerprint density at radius 3 is 2.31 bits per heavy atom. The molecule has 0 aliphatic carbocycles. The number of benzene rings is 2. The lowest BCUT2D eigenvalue weighted by Gasteiger charge is -2.30. The Morgan fingerprint density at radius 1 is 1.03 bits per heavy atom. The Labute approximate surface area is 186 Å². The fourth-order valence-electron chi connectivity index (χ4n) is 4.31. The van der Waals surface area contributed by atoms with Crippen molar-refractivity contribution in [3.8, 4) is 17.2 Å². The number of hydrogen-bond acceptors (Lipinski definition) is 6. The number of aliphatic carboxylic acids is 1. The number of nitrogens with zero attached hydrogens (tertiary/aromatic N) is 1. The first kappa shape index (κ1) is 21.8. The number of likely N-dealkylation sites (tertiary alicyclic amines) is 1. The lowest BCUT2D eigenvalue weighted by molar-refractivity contribution is -0.143. The summed E-state index contributed by atoms with van der Waals surface area (Å²) < 4.78 is 21.7. The normalized spacial score (nSPS) is 22.0. The Kier molecular flexibility index (Phi) is 5.62. The summed E-state index contributed by atoms with van der Waals surface area (Å²) in [6.07, 6.45) is -0.548. The maximum atomic E-state index is 13.1. The molecule has 8 nitrogen and oxygen atoms in total. The zero-order chi connectivity index (χ0) is 23.0. The lowest BCUT2D eigenvalue weighted by atomic mass is 9.83. The van der Waals surface area contributed by atoms with Crippen molar-refractivity contribution in [3.63, 3.8) is 0 Å². The molecule has 0 spiro atoms. The van der Waals surface area contributed by atoms with E-state index in [1.807, 2.05) is 6.07 Å². The van der Waals surface area contributed by atoms with Gasteiger partial charge in [0.15, 0.2) is 11.5 Å². The predicted octanol–water partition coefficient (Wildman–Crippen LogP) is 4.20. The number of carboxylic acid groups (broad SMARTS) is 1. The van der Waals surface area contributed by atoms with Gasteiger partial charge >= 0.3 is 12.1 Å². The van der Waals surface area contributed by atoms with Gasteiger partial charge in [-0.15, -0.1) is 0 Å². The van der Waals surface area contributed by atoms with E-state index < -0.39 is 35.5 Å². The van der Waals surface area contributed by atoms with Gasteiger partial charge in [-0.25, -0.2) is 4.79 Å². The van der Waals surface area contributed by atoms with Crippen molar-refractivity contribution in [2.75, 3.05) is 20.4 Å². The highest BCUT2D eigenvalue weighted by molar-refractivity contribution is 5.77. The summed E-state index contributed by atoms with van der Waals surface area (Å²) in [5, 5.41) is 10.2. The third kappa shape index (κ3) is 4.17. The molecule has 2 aromatic carbocycles. The Balaban J connectivity index is 1.76. The summed E-state index contributed by atoms with van der Waals surface area (Å²) in [6, 6.07) is 11.8. The number of ether oxygens (including phenoxy) is 4. The van der Waals surface area contributed by atoms with Gasteiger partial charge in [0.2, 0.25) is 6.79 Å². The van der Waals surface area contributed by atoms with Gasteiger partial charge in [-0.1, -0.05) is 18.2 Å². The second-order valence-corrected chi connectivity index (χ2v) is 8.93. The maximum Gasteiger partial charge on any atom is 0.410 e. The molecule has 2 heterocycles. The second kappa shape index (κ2) is 8.26. The van der Waals surface area contributed by atoms with Crippen LogP contribution in [0.4, 0.5) is 4.79 Å². The molecular formula is C24H27NO7. The average Bonchev–Trinajstić information content (AvgIpc) is 3.36. The monoisotopic (exact) mass is 441 g/mol. The molecule has 2 aliphatic heterocycles. The van der Waals surface area contributed by atoms with E-state index in [2.05, 4.69) is 0 Å². The SMILES string of the molecule is COc1ccc([C@@H]2[C@@H](C(=O)O)[C@H](c3ccc4c(c3)OCO4)CN2C(=O)OC(C)(C)C)cc1. The van der Waals surface area contributed by atoms with Crippen molar-refractivity contribution in [1.82, 2.24) is 4.90 Å². The van der Waals surface area contributed by atoms with Crippen LogP contribution in [0.3, 0.4) is 0 Å². The first-order valence-electron chi connectivity index (χ1n) is 10.4. The number of methoxy groups -OCH3 is 1. The molecule has 170 valence electrons. The van der Waals surface area contributed by atoms with Gasteiger partial charge in [0.25, 0.3) is 0 Å². The number of carbonyl (C=O) groups is 2. The van der Waals surface area contributed by atoms with E-state index in [0.717, 1.165) is 5.56 Å². The number of amides is 1. The largest absolute Gasteiger partial charge is 0.497 e. The zero-order valence-electron chi connectivity index (χ0n) is 18.5. The van der Waals surface area contributed by atoms with E-state index >= 15 is 0 Å². The molecule has 1 fully saturated rings. The lowest BCUT2D eigenvalue weighted by Crippen LogP contribution is -2.38. The highest BCUT2D eigenvalue weighted by Crippen LogP contribution is 2.48. The summed E-state index contributed by atoms with van der Waals surface area (Å²) in [5.74, 6) is -0.482. The van der Waals surface area contributed by atoms with Crippen LogP contribution >= 0.6 is 0 Å². The molecular weight excluding hydrogens is 414 g/mol. The first-order valence-corrected chi connectivity index (χ1v) is 10.4. The molecule has 0 radical (unpaired) electrons. The standard InChI is InChI=1S/C24H27NO7/c1-24(2,3)32-23(28)25-12-17(15-7-10-18-19(11-15)31-13-30-18)20(22(26)27)21(25)14-5-8-16(29-4)9-6-14/h5-11,17,20-21H,12-13H2,1-4H3,(H,26,27)/t17-,20-,21+/m0/s1. The van der Waals surface area contributed by atoms with Crippen LogP contribution in [0.25, 0.3) is 0 Å². The number of fused-ring (bicyclic) bond motifs is 1. The average molecular weight is 441 g/mol. The minimum Gasteiger partial charge on any atom is -0.497 e. The van der Waals surface area contributed by atoms with Gasteiger partial charge in [-0.05, 0) is 56.2 Å². The summed E-state index contributed by atoms with van der Waals surface area (Å²) in [5.41, 5.74) is 0.760. The van der Waals surface area contributed by atoms with Crippen LogP contribution in [0.5, 0.6) is 17.2 Å². The second-order valence-electron chi connectivity index (χ2n) is 8.93. The van der Waals surface area contributed by atoms with Crippen LogP contribution in [0.2, 0.25) is 0 Å². The smallest absolute Gasteiger partial charge is 0.410 e. The van der Waals surface area contributed by atoms with E-state index in [1.54, 1.807) is 64.3 Å². The molecule has 1 N–H and O–H groups in total. The van der Waals surface area contributed by atoms with Crippen LogP contribution in [0.15, 0.2) is 42.5 Å². The van der Waals surface area contributed by atoms with Crippen LogP contribution in [-0.2, 0) is 9.53 Å². The van der Waals surface area contributed by atoms with Crippen molar-refractivity contribution < 1.29 is 33.6 Å². The molecule has 0 unspecified atom stereocenters. The third-order valence-electron chi connectivity index (χ3n) is 5.70. The maximum absolute atomic E-state index is 13.1. The third-order valence-corrected chi connectivity index (χ3v) is 5.70. The fraction of sp³-hybridized carbons (Fsp3) is 0.417. The summed E-state index contributed by atoms with van der Waals surface area (Å²) in [7, 11) is 1.56. The first-order chi connectivity index (χ1) is 15.2. The summed E-state index contributed by atoms with van der Waals surface area (Å²) in [4.78, 5) is 27.2. The van der Waals surface area contributed by atoms with Crippen LogP contribution in [0, 0.1) is 5.92 Å². The number of carbonyl (C=O) groups excluding carboxylic acids is 1. The van der Waals surface area contributed by atoms with E-state index in [-0.39, 0.29) is 13.3 Å². The Bertz CT molecular complexity index is 1010. The van der Waals surface area contributed by atoms with Crippen molar-refractivity contribution in [2.45, 2.75) is 38.3 Å². The minimum atomic E-state index is -0.987. The van der Waals surface area contributed by atoms with Gasteiger partial charge in [0.1, 0.15) is 11.4 Å². The summed E-state index contributed by atoms with van der Waals surface area (Å²) >= 11 is 0. The van der Waals surface area contributed by atoms with Crippen molar-refractivity contribution in [2.24, 2.45) is 5.92 Å². The van der Waals surface area contributed by atoms with Crippen molar-refractivity contribution in [1.29, 1.82) is 0 Å². The molecule has 32 heavy (non-hydrogen) atoms. The molecule has 0 aromatic heterocycles. The van der Waals surface area contributed by atoms with Gasteiger partial charge in [0, 0.05) is 12.5 Å². The molecule has 0 bridgehead atoms. The zero-order valence-corrected chi connectivity index (χ0v) is 18.5. The van der Waals surface area contributed by atoms with Crippen LogP contribution in [0.1, 0.15) is 43.9 Å². The highest BCUT2D eigenvalue weighted by Gasteiger charge is 2.50. The topological polar surface area (TPSA) is 94.5 Å². The molecule has 2 aromatic rings. The quantitative estimate of drug-likeness (QED) is 0.760. The molecule has 4 rings (SSSR count). The van der Waals surface area contributed by atoms with Crippen molar-refractivity contribution in [3.05, 3.63) is 53.6 Å². The fourth-order valence-corrected chi connectivity index (χ4v) is 4.31. The van der Waals surface area contributed by atoms with E-state index in [1.165, 1.54) is 4.90 Å². The number of hydrogen-bond donors (Lipinski definition) is 1.